The number of ether oxygens (including phenoxy) is 2. The zero-order valence-corrected chi connectivity index (χ0v) is 38.1. The van der Waals surface area contributed by atoms with E-state index < -0.39 is 63.1 Å². The van der Waals surface area contributed by atoms with E-state index in [1.165, 1.54) is 103 Å². The van der Waals surface area contributed by atoms with Crippen LogP contribution >= 0.6 is 7.82 Å². The summed E-state index contributed by atoms with van der Waals surface area (Å²) in [5.41, 5.74) is 0. The summed E-state index contributed by atoms with van der Waals surface area (Å²) in [4.78, 5) is 23.1. The number of hydrogen-bond donors (Lipinski definition) is 6. The van der Waals surface area contributed by atoms with Gasteiger partial charge in [-0.2, -0.15) is 0 Å². The minimum absolute atomic E-state index is 0.0973. The predicted molar refractivity (Wildman–Crippen MR) is 239 cm³/mol. The molecule has 0 bridgehead atoms. The van der Waals surface area contributed by atoms with E-state index in [9.17, 15) is 39.8 Å². The average Bonchev–Trinajstić information content (AvgIpc) is 3.23. The Balaban J connectivity index is 2.44. The van der Waals surface area contributed by atoms with Gasteiger partial charge >= 0.3 is 13.8 Å². The molecule has 1 rings (SSSR count). The van der Waals surface area contributed by atoms with E-state index in [1.807, 2.05) is 12.2 Å². The van der Waals surface area contributed by atoms with Gasteiger partial charge in [-0.15, -0.1) is 0 Å². The molecule has 1 fully saturated rings. The quantitative estimate of drug-likeness (QED) is 0.0149. The number of phosphoric acid groups is 1. The summed E-state index contributed by atoms with van der Waals surface area (Å²) >= 11 is 0. The third kappa shape index (κ3) is 29.6. The Morgan fingerprint density at radius 1 is 0.533 bits per heavy atom. The van der Waals surface area contributed by atoms with Gasteiger partial charge in [0.15, 0.2) is 0 Å². The first-order valence-electron chi connectivity index (χ1n) is 23.5. The Morgan fingerprint density at radius 3 is 1.42 bits per heavy atom. The number of phosphoric ester groups is 1. The van der Waals surface area contributed by atoms with Crippen LogP contribution in [0.3, 0.4) is 0 Å². The Bertz CT molecular complexity index is 1180. The maximum atomic E-state index is 12.8. The number of hydrogen-bond acceptors (Lipinski definition) is 11. The van der Waals surface area contributed by atoms with Crippen LogP contribution in [0.15, 0.2) is 48.6 Å². The van der Waals surface area contributed by atoms with Crippen molar-refractivity contribution in [2.75, 3.05) is 19.8 Å². The van der Waals surface area contributed by atoms with Crippen LogP contribution in [0.5, 0.6) is 0 Å². The van der Waals surface area contributed by atoms with E-state index in [0.717, 1.165) is 44.9 Å². The highest BCUT2D eigenvalue weighted by Gasteiger charge is 2.51. The van der Waals surface area contributed by atoms with Crippen LogP contribution in [0.2, 0.25) is 0 Å². The van der Waals surface area contributed by atoms with Gasteiger partial charge in [0.2, 0.25) is 0 Å². The lowest BCUT2D eigenvalue weighted by Crippen LogP contribution is -2.64. The lowest BCUT2D eigenvalue weighted by Gasteiger charge is -2.41. The van der Waals surface area contributed by atoms with E-state index in [4.69, 9.17) is 18.5 Å². The first-order valence-corrected chi connectivity index (χ1v) is 25.0. The number of esters is 1. The molecule has 350 valence electrons. The second kappa shape index (κ2) is 37.8. The molecule has 0 heterocycles. The van der Waals surface area contributed by atoms with Crippen molar-refractivity contribution >= 4 is 13.8 Å². The van der Waals surface area contributed by atoms with E-state index in [-0.39, 0.29) is 13.0 Å². The summed E-state index contributed by atoms with van der Waals surface area (Å²) < 4.78 is 34.1. The number of aliphatic hydroxyl groups excluding tert-OH is 5. The van der Waals surface area contributed by atoms with Crippen molar-refractivity contribution in [3.8, 4) is 0 Å². The van der Waals surface area contributed by atoms with E-state index in [2.05, 4.69) is 50.3 Å². The van der Waals surface area contributed by atoms with Gasteiger partial charge in [-0.1, -0.05) is 172 Å². The number of aliphatic hydroxyl groups is 5. The van der Waals surface area contributed by atoms with E-state index in [0.29, 0.717) is 19.4 Å². The number of unbranched alkanes of at least 4 members (excludes halogenated alkanes) is 19. The minimum atomic E-state index is -5.03. The van der Waals surface area contributed by atoms with Crippen molar-refractivity contribution < 1.29 is 58.3 Å². The molecule has 1 aliphatic carbocycles. The molecule has 1 aliphatic rings. The van der Waals surface area contributed by atoms with Crippen LogP contribution in [0.4, 0.5) is 0 Å². The molecule has 1 saturated carbocycles. The summed E-state index contributed by atoms with van der Waals surface area (Å²) in [6.07, 6.45) is 33.3. The van der Waals surface area contributed by atoms with Gasteiger partial charge in [0.05, 0.1) is 13.2 Å². The molecule has 3 unspecified atom stereocenters. The van der Waals surface area contributed by atoms with Crippen LogP contribution in [-0.4, -0.2) is 98.9 Å². The molecule has 13 heteroatoms. The zero-order chi connectivity index (χ0) is 44.1. The molecule has 0 aromatic carbocycles. The first kappa shape index (κ1) is 56.3. The SMILES string of the molecule is CCCCC/C=C\C/C=C\C/C=C\C/C=C\CCCC(=O)O[C@H](COCCCCCCCCCCCCCCCCCC)COP(=O)(O)OC1[C@H](O)[C@H](O)C(O)[C@H](O)[C@H]1O. The summed E-state index contributed by atoms with van der Waals surface area (Å²) in [7, 11) is -5.03. The number of carbonyl (C=O) groups is 1. The highest BCUT2D eigenvalue weighted by atomic mass is 31.2. The Hall–Kier alpha value is -1.70. The second-order valence-electron chi connectivity index (χ2n) is 16.3. The summed E-state index contributed by atoms with van der Waals surface area (Å²) in [5.74, 6) is -0.530. The molecule has 0 amide bonds. The first-order chi connectivity index (χ1) is 29.0. The molecule has 0 spiro atoms. The summed E-state index contributed by atoms with van der Waals surface area (Å²) in [6.45, 7) is 4.18. The van der Waals surface area contributed by atoms with E-state index in [1.54, 1.807) is 0 Å². The molecule has 0 aromatic rings. The third-order valence-corrected chi connectivity index (χ3v) is 11.7. The van der Waals surface area contributed by atoms with Crippen LogP contribution < -0.4 is 0 Å². The Labute approximate surface area is 363 Å². The molecular weight excluding hydrogens is 787 g/mol. The predicted octanol–water partition coefficient (Wildman–Crippen LogP) is 9.64. The molecule has 12 nitrogen and oxygen atoms in total. The van der Waals surface area contributed by atoms with Gasteiger partial charge in [0.1, 0.15) is 42.7 Å². The third-order valence-electron chi connectivity index (χ3n) is 10.7. The Kier molecular flexibility index (Phi) is 35.5. The fraction of sp³-hybridized carbons (Fsp3) is 0.809. The van der Waals surface area contributed by atoms with Gasteiger partial charge in [0, 0.05) is 13.0 Å². The van der Waals surface area contributed by atoms with Crippen LogP contribution in [0.25, 0.3) is 0 Å². The summed E-state index contributed by atoms with van der Waals surface area (Å²) in [5, 5.41) is 50.2. The largest absolute Gasteiger partial charge is 0.472 e. The molecule has 8 atom stereocenters. The number of allylic oxidation sites excluding steroid dienone is 8. The standard InChI is InChI=1S/C47H85O12P/c1-3-5-7-9-11-13-15-17-19-21-22-24-26-28-30-32-34-36-41(48)58-40(39-57-60(54,55)59-47-45(52)43(50)42(49)44(51)46(47)53)38-56-37-35-33-31-29-27-25-23-20-18-16-14-12-10-8-6-4-2/h11,13,17,19,22,24,28,30,40,42-47,49-53H,3-10,12,14-16,18,20-21,23,25-27,29,31-39H2,1-2H3,(H,54,55)/b13-11-,19-17-,24-22-,30-28-/t40-,42?,43-,44+,45-,46-,47?/m1/s1. The number of rotatable bonds is 39. The van der Waals surface area contributed by atoms with Crippen LogP contribution in [0.1, 0.15) is 181 Å². The normalized spacial score (nSPS) is 22.7. The Morgan fingerprint density at radius 2 is 0.933 bits per heavy atom. The molecule has 6 N–H and O–H groups in total. The maximum absolute atomic E-state index is 12.8. The average molecular weight is 873 g/mol. The minimum Gasteiger partial charge on any atom is -0.457 e. The molecule has 0 radical (unpaired) electrons. The van der Waals surface area contributed by atoms with E-state index >= 15 is 0 Å². The van der Waals surface area contributed by atoms with Crippen molar-refractivity contribution in [3.63, 3.8) is 0 Å². The number of carbonyl (C=O) groups excluding carboxylic acids is 1. The molecule has 60 heavy (non-hydrogen) atoms. The fourth-order valence-corrected chi connectivity index (χ4v) is 7.91. The molecule has 0 aliphatic heterocycles. The maximum Gasteiger partial charge on any atom is 0.472 e. The second-order valence-corrected chi connectivity index (χ2v) is 17.7. The van der Waals surface area contributed by atoms with Gasteiger partial charge in [-0.05, 0) is 51.4 Å². The van der Waals surface area contributed by atoms with Crippen molar-refractivity contribution in [3.05, 3.63) is 48.6 Å². The van der Waals surface area contributed by atoms with Crippen LogP contribution in [0, 0.1) is 0 Å². The van der Waals surface area contributed by atoms with Gasteiger partial charge < -0.3 is 39.9 Å². The lowest BCUT2D eigenvalue weighted by molar-refractivity contribution is -0.220. The van der Waals surface area contributed by atoms with Crippen molar-refractivity contribution in [2.45, 2.75) is 224 Å². The van der Waals surface area contributed by atoms with Crippen LogP contribution in [-0.2, 0) is 27.9 Å². The highest BCUT2D eigenvalue weighted by Crippen LogP contribution is 2.47. The monoisotopic (exact) mass is 873 g/mol. The van der Waals surface area contributed by atoms with Gasteiger partial charge in [0.25, 0.3) is 0 Å². The summed E-state index contributed by atoms with van der Waals surface area (Å²) in [6, 6.07) is 0. The topological polar surface area (TPSA) is 192 Å². The zero-order valence-electron chi connectivity index (χ0n) is 37.2. The van der Waals surface area contributed by atoms with Crippen molar-refractivity contribution in [2.24, 2.45) is 0 Å². The van der Waals surface area contributed by atoms with Crippen molar-refractivity contribution in [1.29, 1.82) is 0 Å². The van der Waals surface area contributed by atoms with Crippen molar-refractivity contribution in [1.82, 2.24) is 0 Å². The molecule has 0 aromatic heterocycles. The smallest absolute Gasteiger partial charge is 0.457 e. The van der Waals surface area contributed by atoms with Gasteiger partial charge in [-0.3, -0.25) is 13.8 Å². The molecular formula is C47H85O12P. The fourth-order valence-electron chi connectivity index (χ4n) is 6.94. The van der Waals surface area contributed by atoms with Gasteiger partial charge in [-0.25, -0.2) is 4.57 Å². The lowest BCUT2D eigenvalue weighted by atomic mass is 9.85. The highest BCUT2D eigenvalue weighted by molar-refractivity contribution is 7.47. The molecule has 0 saturated heterocycles.